The van der Waals surface area contributed by atoms with Crippen molar-refractivity contribution < 1.29 is 9.47 Å². The molecule has 1 aromatic rings. The van der Waals surface area contributed by atoms with Crippen LogP contribution in [0.15, 0.2) is 12.1 Å². The van der Waals surface area contributed by atoms with Gasteiger partial charge in [0.05, 0.1) is 14.2 Å². The van der Waals surface area contributed by atoms with Crippen molar-refractivity contribution in [3.05, 3.63) is 23.3 Å². The lowest BCUT2D eigenvalue weighted by atomic mass is 9.76. The smallest absolute Gasteiger partial charge is 0.161 e. The van der Waals surface area contributed by atoms with E-state index in [1.54, 1.807) is 14.2 Å². The first-order valence-electron chi connectivity index (χ1n) is 5.05. The number of rotatable bonds is 3. The Hall–Kier alpha value is -0.830. The van der Waals surface area contributed by atoms with Gasteiger partial charge in [0.1, 0.15) is 0 Å². The van der Waals surface area contributed by atoms with E-state index in [4.69, 9.17) is 9.47 Å². The summed E-state index contributed by atoms with van der Waals surface area (Å²) in [7, 11) is 3.37. The van der Waals surface area contributed by atoms with Crippen molar-refractivity contribution in [3.8, 4) is 11.5 Å². The average Bonchev–Trinajstić information content (AvgIpc) is 2.20. The molecule has 2 nitrogen and oxygen atoms in total. The molecule has 0 saturated heterocycles. The monoisotopic (exact) mass is 226 g/mol. The van der Waals surface area contributed by atoms with Crippen LogP contribution in [0.25, 0.3) is 0 Å². The lowest BCUT2D eigenvalue weighted by Gasteiger charge is -2.30. The lowest BCUT2D eigenvalue weighted by molar-refractivity contribution is 0.352. The molecule has 84 valence electrons. The van der Waals surface area contributed by atoms with E-state index in [1.165, 1.54) is 24.0 Å². The molecule has 0 bridgehead atoms. The van der Waals surface area contributed by atoms with Gasteiger partial charge in [-0.05, 0) is 42.0 Å². The molecule has 3 heteroatoms. The maximum absolute atomic E-state index is 5.27. The van der Waals surface area contributed by atoms with E-state index in [9.17, 15) is 0 Å². The summed E-state index contributed by atoms with van der Waals surface area (Å²) in [6.45, 7) is 2.23. The van der Waals surface area contributed by atoms with Crippen LogP contribution in [-0.2, 0) is 6.42 Å². The summed E-state index contributed by atoms with van der Waals surface area (Å²) >= 11 is 0. The second kappa shape index (κ2) is 4.79. The zero-order chi connectivity index (χ0) is 10.1. The minimum absolute atomic E-state index is 0. The second-order valence-corrected chi connectivity index (χ2v) is 3.72. The molecule has 2 rings (SSSR count). The first-order chi connectivity index (χ1) is 6.80. The van der Waals surface area contributed by atoms with Gasteiger partial charge < -0.3 is 9.47 Å². The molecule has 0 aromatic heterocycles. The van der Waals surface area contributed by atoms with Crippen molar-refractivity contribution in [2.75, 3.05) is 14.2 Å². The number of hydrogen-bond donors (Lipinski definition) is 0. The molecule has 0 radical (unpaired) electrons. The summed E-state index contributed by atoms with van der Waals surface area (Å²) < 4.78 is 10.5. The van der Waals surface area contributed by atoms with Crippen LogP contribution in [0.3, 0.4) is 0 Å². The molecular formula is C12H18O2S. The van der Waals surface area contributed by atoms with Crippen LogP contribution in [0.2, 0.25) is 0 Å². The fourth-order valence-electron chi connectivity index (χ4n) is 2.10. The van der Waals surface area contributed by atoms with Crippen molar-refractivity contribution in [1.29, 1.82) is 0 Å². The summed E-state index contributed by atoms with van der Waals surface area (Å²) in [4.78, 5) is 0. The third-order valence-corrected chi connectivity index (χ3v) is 3.04. The van der Waals surface area contributed by atoms with Gasteiger partial charge in [0.25, 0.3) is 0 Å². The number of fused-ring (bicyclic) bond motifs is 1. The van der Waals surface area contributed by atoms with Crippen LogP contribution in [0.4, 0.5) is 0 Å². The molecule has 0 amide bonds. The highest BCUT2D eigenvalue weighted by atomic mass is 32.1. The maximum Gasteiger partial charge on any atom is 0.161 e. The fraction of sp³-hybridized carbons (Fsp3) is 0.500. The van der Waals surface area contributed by atoms with E-state index < -0.39 is 0 Å². The Morgan fingerprint density at radius 2 is 1.80 bits per heavy atom. The van der Waals surface area contributed by atoms with Gasteiger partial charge in [-0.3, -0.25) is 0 Å². The van der Waals surface area contributed by atoms with Crippen molar-refractivity contribution in [2.24, 2.45) is 0 Å². The Kier molecular flexibility index (Phi) is 3.91. The Bertz CT molecular complexity index is 350. The van der Waals surface area contributed by atoms with Gasteiger partial charge in [0.2, 0.25) is 0 Å². The first-order valence-corrected chi connectivity index (χ1v) is 5.05. The molecular weight excluding hydrogens is 208 g/mol. The number of methoxy groups -OCH3 is 2. The highest BCUT2D eigenvalue weighted by Gasteiger charge is 2.26. The molecule has 1 aliphatic rings. The molecule has 0 unspecified atom stereocenters. The van der Waals surface area contributed by atoms with Crippen molar-refractivity contribution in [1.82, 2.24) is 0 Å². The molecule has 0 heterocycles. The fourth-order valence-corrected chi connectivity index (χ4v) is 2.10. The largest absolute Gasteiger partial charge is 0.493 e. The van der Waals surface area contributed by atoms with Crippen molar-refractivity contribution >= 4 is 13.5 Å². The second-order valence-electron chi connectivity index (χ2n) is 3.72. The normalized spacial score (nSPS) is 17.1. The van der Waals surface area contributed by atoms with Gasteiger partial charge in [-0.1, -0.05) is 6.92 Å². The van der Waals surface area contributed by atoms with Gasteiger partial charge in [-0.2, -0.15) is 13.5 Å². The minimum atomic E-state index is 0. The Labute approximate surface area is 98.0 Å². The van der Waals surface area contributed by atoms with E-state index in [0.717, 1.165) is 17.4 Å². The van der Waals surface area contributed by atoms with Gasteiger partial charge in [-0.25, -0.2) is 0 Å². The van der Waals surface area contributed by atoms with Crippen molar-refractivity contribution in [2.45, 2.75) is 25.7 Å². The van der Waals surface area contributed by atoms with E-state index in [1.807, 2.05) is 0 Å². The summed E-state index contributed by atoms with van der Waals surface area (Å²) in [5, 5.41) is 0. The third-order valence-electron chi connectivity index (χ3n) is 3.04. The van der Waals surface area contributed by atoms with Crippen LogP contribution in [0.5, 0.6) is 11.5 Å². The van der Waals surface area contributed by atoms with E-state index in [2.05, 4.69) is 19.1 Å². The highest BCUT2D eigenvalue weighted by molar-refractivity contribution is 7.59. The van der Waals surface area contributed by atoms with E-state index in [0.29, 0.717) is 0 Å². The standard InChI is InChI=1S/C12H16O2.H2S/c1-4-8-5-9-6-11(13-2)12(14-3)7-10(8)9;/h6-8H,4-5H2,1-3H3;1H2/t8-;/m0./s1. The summed E-state index contributed by atoms with van der Waals surface area (Å²) in [5.41, 5.74) is 2.85. The first kappa shape index (κ1) is 12.2. The van der Waals surface area contributed by atoms with Crippen LogP contribution in [-0.4, -0.2) is 14.2 Å². The summed E-state index contributed by atoms with van der Waals surface area (Å²) in [6.07, 6.45) is 2.40. The number of benzene rings is 1. The molecule has 1 aliphatic carbocycles. The highest BCUT2D eigenvalue weighted by Crippen LogP contribution is 2.43. The topological polar surface area (TPSA) is 18.5 Å². The zero-order valence-corrected chi connectivity index (χ0v) is 10.5. The molecule has 1 aromatic carbocycles. The molecule has 15 heavy (non-hydrogen) atoms. The van der Waals surface area contributed by atoms with Gasteiger partial charge in [0, 0.05) is 0 Å². The Morgan fingerprint density at radius 3 is 2.33 bits per heavy atom. The molecule has 0 saturated carbocycles. The van der Waals surface area contributed by atoms with Crippen LogP contribution in [0, 0.1) is 0 Å². The third kappa shape index (κ3) is 1.93. The van der Waals surface area contributed by atoms with Gasteiger partial charge in [0.15, 0.2) is 11.5 Å². The quantitative estimate of drug-likeness (QED) is 0.789. The van der Waals surface area contributed by atoms with Crippen molar-refractivity contribution in [3.63, 3.8) is 0 Å². The van der Waals surface area contributed by atoms with Gasteiger partial charge >= 0.3 is 0 Å². The maximum atomic E-state index is 5.27. The summed E-state index contributed by atoms with van der Waals surface area (Å²) in [6, 6.07) is 4.21. The molecule has 1 atom stereocenters. The number of hydrogen-bond acceptors (Lipinski definition) is 2. The molecule has 0 aliphatic heterocycles. The predicted octanol–water partition coefficient (Wildman–Crippen LogP) is 2.87. The van der Waals surface area contributed by atoms with E-state index in [-0.39, 0.29) is 13.5 Å². The van der Waals surface area contributed by atoms with E-state index >= 15 is 0 Å². The number of ether oxygens (including phenoxy) is 2. The lowest BCUT2D eigenvalue weighted by Crippen LogP contribution is -2.16. The average molecular weight is 226 g/mol. The molecule has 0 N–H and O–H groups in total. The molecule has 0 spiro atoms. The van der Waals surface area contributed by atoms with Crippen LogP contribution >= 0.6 is 13.5 Å². The van der Waals surface area contributed by atoms with Crippen LogP contribution in [0.1, 0.15) is 30.4 Å². The van der Waals surface area contributed by atoms with Gasteiger partial charge in [-0.15, -0.1) is 0 Å². The predicted molar refractivity (Wildman–Crippen MR) is 66.7 cm³/mol. The summed E-state index contributed by atoms with van der Waals surface area (Å²) in [5.74, 6) is 2.43. The Morgan fingerprint density at radius 1 is 1.20 bits per heavy atom. The minimum Gasteiger partial charge on any atom is -0.493 e. The van der Waals surface area contributed by atoms with Crippen LogP contribution < -0.4 is 9.47 Å². The molecule has 0 fully saturated rings. The SMILES string of the molecule is CC[C@H]1Cc2cc(OC)c(OC)cc21.S. The Balaban J connectivity index is 0.00000112. The zero-order valence-electron chi connectivity index (χ0n) is 9.46.